The number of anilines is 3. The van der Waals surface area contributed by atoms with Gasteiger partial charge in [-0.3, -0.25) is 14.4 Å². The van der Waals surface area contributed by atoms with Crippen LogP contribution in [0.2, 0.25) is 0 Å². The third-order valence-corrected chi connectivity index (χ3v) is 6.35. The Kier molecular flexibility index (Phi) is 7.77. The van der Waals surface area contributed by atoms with Crippen molar-refractivity contribution in [3.63, 3.8) is 0 Å². The molecule has 2 amide bonds. The number of amides is 2. The summed E-state index contributed by atoms with van der Waals surface area (Å²) in [5.74, 6) is -1.41. The Morgan fingerprint density at radius 1 is 0.976 bits per heavy atom. The third kappa shape index (κ3) is 6.77. The first kappa shape index (κ1) is 27.1. The molecule has 2 heterocycles. The fourth-order valence-electron chi connectivity index (χ4n) is 4.28. The first-order valence-corrected chi connectivity index (χ1v) is 12.8. The van der Waals surface area contributed by atoms with Crippen LogP contribution in [-0.4, -0.2) is 33.0 Å². The molecule has 0 aliphatic rings. The molecule has 2 aromatic heterocycles. The average Bonchev–Trinajstić information content (AvgIpc) is 3.55. The monoisotopic (exact) mass is 553 g/mol. The quantitative estimate of drug-likeness (QED) is 0.180. The van der Waals surface area contributed by atoms with E-state index in [9.17, 15) is 19.5 Å². The van der Waals surface area contributed by atoms with Gasteiger partial charge in [-0.25, -0.2) is 0 Å². The van der Waals surface area contributed by atoms with Crippen LogP contribution in [0.15, 0.2) is 81.7 Å². The number of carboxylic acids is 1. The number of benzene rings is 3. The van der Waals surface area contributed by atoms with Crippen LogP contribution in [0.4, 0.5) is 17.4 Å². The summed E-state index contributed by atoms with van der Waals surface area (Å²) in [6, 6.07) is 20.8. The van der Waals surface area contributed by atoms with Crippen molar-refractivity contribution in [2.75, 3.05) is 10.6 Å². The Morgan fingerprint density at radius 2 is 1.76 bits per heavy atom. The van der Waals surface area contributed by atoms with Crippen molar-refractivity contribution in [3.05, 3.63) is 101 Å². The van der Waals surface area contributed by atoms with Gasteiger partial charge in [0.05, 0.1) is 18.9 Å². The van der Waals surface area contributed by atoms with Gasteiger partial charge >= 0.3 is 5.97 Å². The molecule has 5 rings (SSSR count). The number of hydrogen-bond acceptors (Lipinski definition) is 8. The zero-order valence-corrected chi connectivity index (χ0v) is 22.3. The molecule has 0 saturated heterocycles. The van der Waals surface area contributed by atoms with E-state index in [1.807, 2.05) is 37.3 Å². The van der Waals surface area contributed by atoms with Crippen molar-refractivity contribution in [1.29, 1.82) is 0 Å². The maximum Gasteiger partial charge on any atom is 0.305 e. The minimum absolute atomic E-state index is 0.0593. The van der Waals surface area contributed by atoms with Crippen molar-refractivity contribution >= 4 is 46.3 Å². The van der Waals surface area contributed by atoms with Crippen molar-refractivity contribution in [2.45, 2.75) is 32.7 Å². The zero-order valence-electron chi connectivity index (χ0n) is 22.3. The second kappa shape index (κ2) is 11.7. The highest BCUT2D eigenvalue weighted by Gasteiger charge is 2.21. The zero-order chi connectivity index (χ0) is 28.9. The molecule has 5 aromatic rings. The molecule has 208 valence electrons. The van der Waals surface area contributed by atoms with Crippen LogP contribution in [0.5, 0.6) is 0 Å². The van der Waals surface area contributed by atoms with Crippen LogP contribution in [0.1, 0.15) is 45.4 Å². The van der Waals surface area contributed by atoms with E-state index in [0.717, 1.165) is 16.8 Å². The Hall–Kier alpha value is -5.45. The lowest BCUT2D eigenvalue weighted by Crippen LogP contribution is -2.30. The van der Waals surface area contributed by atoms with Crippen molar-refractivity contribution in [3.8, 4) is 0 Å². The largest absolute Gasteiger partial charge is 0.481 e. The van der Waals surface area contributed by atoms with Crippen LogP contribution in [-0.2, 0) is 16.0 Å². The van der Waals surface area contributed by atoms with E-state index in [4.69, 9.17) is 8.94 Å². The molecule has 3 aromatic carbocycles. The van der Waals surface area contributed by atoms with Gasteiger partial charge in [0.1, 0.15) is 11.3 Å². The summed E-state index contributed by atoms with van der Waals surface area (Å²) in [5.41, 5.74) is 5.07. The first-order chi connectivity index (χ1) is 19.7. The summed E-state index contributed by atoms with van der Waals surface area (Å²) in [5, 5.41) is 21.7. The number of aliphatic carboxylic acids is 1. The van der Waals surface area contributed by atoms with E-state index in [0.29, 0.717) is 34.1 Å². The molecule has 0 bridgehead atoms. The Balaban J connectivity index is 1.22. The predicted molar refractivity (Wildman–Crippen MR) is 151 cm³/mol. The van der Waals surface area contributed by atoms with Gasteiger partial charge in [-0.15, -0.1) is 0 Å². The van der Waals surface area contributed by atoms with Gasteiger partial charge in [0.2, 0.25) is 5.91 Å². The number of nitrogens with one attached hydrogen (secondary N) is 3. The number of fused-ring (bicyclic) bond motifs is 1. The Morgan fingerprint density at radius 3 is 2.46 bits per heavy atom. The van der Waals surface area contributed by atoms with E-state index < -0.39 is 17.9 Å². The summed E-state index contributed by atoms with van der Waals surface area (Å²) in [7, 11) is 0. The van der Waals surface area contributed by atoms with Gasteiger partial charge in [0.15, 0.2) is 11.3 Å². The average molecular weight is 554 g/mol. The van der Waals surface area contributed by atoms with Crippen LogP contribution in [0.25, 0.3) is 11.1 Å². The summed E-state index contributed by atoms with van der Waals surface area (Å²) in [4.78, 5) is 41.1. The number of carbonyl (C=O) groups is 3. The smallest absolute Gasteiger partial charge is 0.305 e. The molecule has 1 atom stereocenters. The SMILES string of the molecule is Cc1cc(C(=O)N[C@@H](CC(=O)O)c2ccc(NC(=O)Cc3ccc4nc(Nc5ccccc5C)oc4c3)cc2)no1. The molecular weight excluding hydrogens is 526 g/mol. The highest BCUT2D eigenvalue weighted by Crippen LogP contribution is 2.25. The van der Waals surface area contributed by atoms with Crippen molar-refractivity contribution < 1.29 is 28.4 Å². The Bertz CT molecular complexity index is 1720. The van der Waals surface area contributed by atoms with Crippen LogP contribution in [0, 0.1) is 13.8 Å². The van der Waals surface area contributed by atoms with Crippen molar-refractivity contribution in [1.82, 2.24) is 15.5 Å². The molecular formula is C30H27N5O6. The number of oxazole rings is 1. The molecule has 0 unspecified atom stereocenters. The predicted octanol–water partition coefficient (Wildman–Crippen LogP) is 5.30. The summed E-state index contributed by atoms with van der Waals surface area (Å²) < 4.78 is 10.8. The van der Waals surface area contributed by atoms with E-state index in [2.05, 4.69) is 26.1 Å². The molecule has 0 aliphatic carbocycles. The highest BCUT2D eigenvalue weighted by atomic mass is 16.5. The van der Waals surface area contributed by atoms with Crippen LogP contribution < -0.4 is 16.0 Å². The number of hydrogen-bond donors (Lipinski definition) is 4. The third-order valence-electron chi connectivity index (χ3n) is 6.35. The number of aromatic nitrogens is 2. The van der Waals surface area contributed by atoms with E-state index >= 15 is 0 Å². The molecule has 0 spiro atoms. The molecule has 0 fully saturated rings. The number of carboxylic acid groups (broad SMARTS) is 1. The van der Waals surface area contributed by atoms with Crippen LogP contribution in [0.3, 0.4) is 0 Å². The molecule has 0 radical (unpaired) electrons. The number of carbonyl (C=O) groups excluding carboxylic acids is 2. The summed E-state index contributed by atoms with van der Waals surface area (Å²) >= 11 is 0. The summed E-state index contributed by atoms with van der Waals surface area (Å²) in [6.45, 7) is 3.64. The number of para-hydroxylation sites is 1. The lowest BCUT2D eigenvalue weighted by Gasteiger charge is -2.17. The number of aryl methyl sites for hydroxylation is 2. The van der Waals surface area contributed by atoms with E-state index in [-0.39, 0.29) is 24.4 Å². The molecule has 4 N–H and O–H groups in total. The molecule has 0 saturated carbocycles. The van der Waals surface area contributed by atoms with Gasteiger partial charge in [-0.2, -0.15) is 4.98 Å². The van der Waals surface area contributed by atoms with Gasteiger partial charge in [0.25, 0.3) is 11.9 Å². The fourth-order valence-corrected chi connectivity index (χ4v) is 4.28. The van der Waals surface area contributed by atoms with Crippen LogP contribution >= 0.6 is 0 Å². The van der Waals surface area contributed by atoms with Crippen molar-refractivity contribution in [2.24, 2.45) is 0 Å². The standard InChI is InChI=1S/C30H27N5O6/c1-17-5-3-4-6-22(17)33-30-34-23-12-7-19(14-26(23)40-30)15-27(36)31-21-10-8-20(9-11-21)24(16-28(37)38)32-29(39)25-13-18(2)41-35-25/h3-14,24H,15-16H2,1-2H3,(H,31,36)(H,32,39)(H,33,34)(H,37,38)/t24-/m0/s1. The molecule has 11 heteroatoms. The molecule has 11 nitrogen and oxygen atoms in total. The van der Waals surface area contributed by atoms with E-state index in [1.165, 1.54) is 6.07 Å². The van der Waals surface area contributed by atoms with Gasteiger partial charge in [-0.1, -0.05) is 41.6 Å². The minimum atomic E-state index is -1.08. The second-order valence-corrected chi connectivity index (χ2v) is 9.55. The fraction of sp³-hybridized carbons (Fsp3) is 0.167. The maximum absolute atomic E-state index is 12.8. The van der Waals surface area contributed by atoms with E-state index in [1.54, 1.807) is 43.3 Å². The number of nitrogens with zero attached hydrogens (tertiary/aromatic N) is 2. The van der Waals surface area contributed by atoms with Gasteiger partial charge < -0.3 is 30.0 Å². The lowest BCUT2D eigenvalue weighted by molar-refractivity contribution is -0.137. The lowest BCUT2D eigenvalue weighted by atomic mass is 10.0. The van der Waals surface area contributed by atoms with Gasteiger partial charge in [0, 0.05) is 17.4 Å². The Labute approximate surface area is 234 Å². The summed E-state index contributed by atoms with van der Waals surface area (Å²) in [6.07, 6.45) is -0.228. The topological polar surface area (TPSA) is 160 Å². The molecule has 0 aliphatic heterocycles. The highest BCUT2D eigenvalue weighted by molar-refractivity contribution is 5.93. The van der Waals surface area contributed by atoms with Gasteiger partial charge in [-0.05, 0) is 60.9 Å². The first-order valence-electron chi connectivity index (χ1n) is 12.8. The maximum atomic E-state index is 12.8. The number of rotatable bonds is 10. The normalized spacial score (nSPS) is 11.7. The molecule has 41 heavy (non-hydrogen) atoms. The minimum Gasteiger partial charge on any atom is -0.481 e. The second-order valence-electron chi connectivity index (χ2n) is 9.55.